The van der Waals surface area contributed by atoms with E-state index in [1.165, 1.54) is 117 Å². The van der Waals surface area contributed by atoms with Crippen molar-refractivity contribution in [3.8, 4) is 33.4 Å². The molecule has 54 heavy (non-hydrogen) atoms. The highest BCUT2D eigenvalue weighted by molar-refractivity contribution is 7.27. The Morgan fingerprint density at radius 3 is 1.63 bits per heavy atom. The minimum absolute atomic E-state index is 1.23. The summed E-state index contributed by atoms with van der Waals surface area (Å²) < 4.78 is 5.42. The predicted molar refractivity (Wildman–Crippen MR) is 239 cm³/mol. The zero-order chi connectivity index (χ0) is 35.3. The van der Waals surface area contributed by atoms with Crippen molar-refractivity contribution in [2.24, 2.45) is 0 Å². The van der Waals surface area contributed by atoms with Crippen LogP contribution < -0.4 is 0 Å². The number of benzene rings is 10. The first-order chi connectivity index (χ1) is 26.8. The van der Waals surface area contributed by atoms with E-state index in [4.69, 9.17) is 0 Å². The maximum absolute atomic E-state index is 2.43. The van der Waals surface area contributed by atoms with Gasteiger partial charge in [0.05, 0.1) is 0 Å². The van der Waals surface area contributed by atoms with E-state index in [0.717, 1.165) is 0 Å². The summed E-state index contributed by atoms with van der Waals surface area (Å²) in [5, 5.41) is 15.7. The third kappa shape index (κ3) is 4.42. The van der Waals surface area contributed by atoms with Gasteiger partial charge in [0.25, 0.3) is 0 Å². The Balaban J connectivity index is 0.992. The molecular weight excluding hydrogens is 689 g/mol. The molecule has 2 heterocycles. The molecule has 12 rings (SSSR count). The lowest BCUT2D eigenvalue weighted by Gasteiger charge is -2.19. The fourth-order valence-corrected chi connectivity index (χ4v) is 11.3. The number of fused-ring (bicyclic) bond motifs is 11. The smallest absolute Gasteiger partial charge is 0.0434 e. The van der Waals surface area contributed by atoms with E-state index in [0.29, 0.717) is 0 Å². The first-order valence-corrected chi connectivity index (χ1v) is 20.1. The Morgan fingerprint density at radius 1 is 0.259 bits per heavy atom. The lowest BCUT2D eigenvalue weighted by atomic mass is 9.84. The Hall–Kier alpha value is -6.32. The maximum atomic E-state index is 2.43. The second-order valence-corrected chi connectivity index (χ2v) is 16.5. The molecule has 0 atom stereocenters. The van der Waals surface area contributed by atoms with Crippen LogP contribution >= 0.6 is 22.7 Å². The molecule has 0 amide bonds. The van der Waals surface area contributed by atoms with Gasteiger partial charge in [-0.3, -0.25) is 0 Å². The monoisotopic (exact) mass is 718 g/mol. The molecule has 0 bridgehead atoms. The average Bonchev–Trinajstić information content (AvgIpc) is 3.80. The molecule has 0 fully saturated rings. The summed E-state index contributed by atoms with van der Waals surface area (Å²) in [5.74, 6) is 0. The Labute approximate surface area is 319 Å². The van der Waals surface area contributed by atoms with Crippen molar-refractivity contribution in [1.82, 2.24) is 0 Å². The lowest BCUT2D eigenvalue weighted by Crippen LogP contribution is -1.91. The Kier molecular flexibility index (Phi) is 6.48. The van der Waals surface area contributed by atoms with Gasteiger partial charge in [0.1, 0.15) is 0 Å². The molecule has 0 aliphatic carbocycles. The molecule has 0 nitrogen and oxygen atoms in total. The van der Waals surface area contributed by atoms with Gasteiger partial charge in [-0.05, 0) is 101 Å². The highest BCUT2D eigenvalue weighted by atomic mass is 32.1. The van der Waals surface area contributed by atoms with Crippen molar-refractivity contribution in [3.63, 3.8) is 0 Å². The van der Waals surface area contributed by atoms with Crippen molar-refractivity contribution in [2.45, 2.75) is 0 Å². The highest BCUT2D eigenvalue weighted by Crippen LogP contribution is 2.46. The molecule has 0 saturated carbocycles. The molecule has 2 aromatic heterocycles. The second kappa shape index (κ2) is 11.6. The summed E-state index contributed by atoms with van der Waals surface area (Å²) in [4.78, 5) is 0. The number of hydrogen-bond donors (Lipinski definition) is 0. The molecule has 10 aromatic carbocycles. The molecule has 250 valence electrons. The van der Waals surface area contributed by atoms with Gasteiger partial charge in [-0.1, -0.05) is 152 Å². The van der Waals surface area contributed by atoms with Crippen LogP contribution in [0.25, 0.3) is 117 Å². The molecule has 0 radical (unpaired) electrons. The van der Waals surface area contributed by atoms with Crippen LogP contribution in [0.15, 0.2) is 182 Å². The third-order valence-electron chi connectivity index (χ3n) is 11.4. The first-order valence-electron chi connectivity index (χ1n) is 18.5. The topological polar surface area (TPSA) is 0 Å². The van der Waals surface area contributed by atoms with Crippen molar-refractivity contribution in [1.29, 1.82) is 0 Å². The van der Waals surface area contributed by atoms with E-state index in [1.54, 1.807) is 0 Å². The van der Waals surface area contributed by atoms with Crippen LogP contribution in [-0.2, 0) is 0 Å². The lowest BCUT2D eigenvalue weighted by molar-refractivity contribution is 1.64. The normalized spacial score (nSPS) is 12.1. The largest absolute Gasteiger partial charge is 0.135 e. The molecule has 0 aliphatic heterocycles. The fourth-order valence-electron chi connectivity index (χ4n) is 8.96. The van der Waals surface area contributed by atoms with Gasteiger partial charge in [0.2, 0.25) is 0 Å². The van der Waals surface area contributed by atoms with Crippen molar-refractivity contribution < 1.29 is 0 Å². The van der Waals surface area contributed by atoms with Crippen molar-refractivity contribution in [3.05, 3.63) is 182 Å². The summed E-state index contributed by atoms with van der Waals surface area (Å²) in [6.07, 6.45) is 0. The van der Waals surface area contributed by atoms with Crippen molar-refractivity contribution >= 4 is 106 Å². The van der Waals surface area contributed by atoms with E-state index in [2.05, 4.69) is 182 Å². The summed E-state index contributed by atoms with van der Waals surface area (Å²) in [7, 11) is 0. The zero-order valence-electron chi connectivity index (χ0n) is 29.1. The van der Waals surface area contributed by atoms with Crippen LogP contribution in [0.5, 0.6) is 0 Å². The minimum Gasteiger partial charge on any atom is -0.135 e. The van der Waals surface area contributed by atoms with E-state index in [1.807, 2.05) is 22.7 Å². The van der Waals surface area contributed by atoms with Gasteiger partial charge >= 0.3 is 0 Å². The fraction of sp³-hybridized carbons (Fsp3) is 0. The number of thiophene rings is 2. The predicted octanol–water partition coefficient (Wildman–Crippen LogP) is 16.0. The number of rotatable bonds is 3. The van der Waals surface area contributed by atoms with Crippen LogP contribution in [0, 0.1) is 0 Å². The summed E-state index contributed by atoms with van der Waals surface area (Å²) in [6, 6.07) is 67.8. The Bertz CT molecular complexity index is 3430. The minimum atomic E-state index is 1.23. The Morgan fingerprint density at radius 2 is 0.852 bits per heavy atom. The van der Waals surface area contributed by atoms with Crippen LogP contribution in [-0.4, -0.2) is 0 Å². The molecule has 0 spiro atoms. The SMILES string of the molecule is c1ccc2c(-c3c4ccccc4c(-c4ccc(-c5ccc6sc7cc8c(ccc9c%10ccccc%10sc89)cc7c6c5)cc4)c4ccccc34)cccc2c1. The second-order valence-electron chi connectivity index (χ2n) is 14.4. The molecule has 0 N–H and O–H groups in total. The van der Waals surface area contributed by atoms with Gasteiger partial charge in [-0.15, -0.1) is 22.7 Å². The van der Waals surface area contributed by atoms with Gasteiger partial charge in [0, 0.05) is 45.7 Å². The van der Waals surface area contributed by atoms with Crippen LogP contribution in [0.1, 0.15) is 0 Å². The van der Waals surface area contributed by atoms with Crippen LogP contribution in [0.3, 0.4) is 0 Å². The van der Waals surface area contributed by atoms with Crippen LogP contribution in [0.4, 0.5) is 0 Å². The van der Waals surface area contributed by atoms with E-state index < -0.39 is 0 Å². The van der Waals surface area contributed by atoms with E-state index in [9.17, 15) is 0 Å². The van der Waals surface area contributed by atoms with E-state index in [-0.39, 0.29) is 0 Å². The quantitative estimate of drug-likeness (QED) is 0.160. The van der Waals surface area contributed by atoms with Gasteiger partial charge in [0.15, 0.2) is 0 Å². The maximum Gasteiger partial charge on any atom is 0.0434 e. The molecular formula is C52H30S2. The van der Waals surface area contributed by atoms with Gasteiger partial charge in [-0.25, -0.2) is 0 Å². The molecule has 2 heteroatoms. The third-order valence-corrected chi connectivity index (χ3v) is 13.8. The zero-order valence-corrected chi connectivity index (χ0v) is 30.8. The summed E-state index contributed by atoms with van der Waals surface area (Å²) >= 11 is 3.81. The molecule has 0 saturated heterocycles. The summed E-state index contributed by atoms with van der Waals surface area (Å²) in [5.41, 5.74) is 7.58. The van der Waals surface area contributed by atoms with Crippen molar-refractivity contribution in [2.75, 3.05) is 0 Å². The number of hydrogen-bond acceptors (Lipinski definition) is 2. The average molecular weight is 719 g/mol. The summed E-state index contributed by atoms with van der Waals surface area (Å²) in [6.45, 7) is 0. The standard InChI is InChI=1S/C52H30S2/c1-2-12-36-32(10-1)11-9-18-38(36)51-41-16-5-3-14-39(41)50(40-15-4-6-17-42(40)51)33-22-20-31(21-23-33)34-25-27-48-45(28-34)46-29-35-24-26-43-37-13-7-8-19-47(37)54-52(43)44(35)30-49(46)53-48/h1-30H. The first kappa shape index (κ1) is 30.2. The van der Waals surface area contributed by atoms with E-state index >= 15 is 0 Å². The molecule has 0 unspecified atom stereocenters. The van der Waals surface area contributed by atoms with Crippen LogP contribution in [0.2, 0.25) is 0 Å². The van der Waals surface area contributed by atoms with Gasteiger partial charge in [-0.2, -0.15) is 0 Å². The highest BCUT2D eigenvalue weighted by Gasteiger charge is 2.18. The molecule has 12 aromatic rings. The van der Waals surface area contributed by atoms with Gasteiger partial charge < -0.3 is 0 Å². The molecule has 0 aliphatic rings.